The van der Waals surface area contributed by atoms with Crippen LogP contribution >= 0.6 is 15.9 Å². The molecule has 1 aromatic carbocycles. The summed E-state index contributed by atoms with van der Waals surface area (Å²) >= 11 is 3.34. The third-order valence-electron chi connectivity index (χ3n) is 3.30. The Bertz CT molecular complexity index is 737. The summed E-state index contributed by atoms with van der Waals surface area (Å²) in [5.41, 5.74) is 3.01. The van der Waals surface area contributed by atoms with Crippen LogP contribution in [0.25, 0.3) is 0 Å². The molecule has 0 saturated carbocycles. The van der Waals surface area contributed by atoms with Crippen molar-refractivity contribution in [3.8, 4) is 0 Å². The monoisotopic (exact) mass is 351 g/mol. The number of nitro benzene ring substituents is 1. The van der Waals surface area contributed by atoms with Crippen LogP contribution in [-0.4, -0.2) is 20.5 Å². The summed E-state index contributed by atoms with van der Waals surface area (Å²) in [6.07, 6.45) is 0. The van der Waals surface area contributed by atoms with Gasteiger partial charge >= 0.3 is 0 Å². The molecule has 0 aliphatic heterocycles. The van der Waals surface area contributed by atoms with E-state index in [2.05, 4.69) is 21.0 Å². The van der Waals surface area contributed by atoms with Crippen LogP contribution in [0.15, 0.2) is 22.7 Å². The fourth-order valence-electron chi connectivity index (χ4n) is 2.30. The molecule has 0 N–H and O–H groups in total. The maximum absolute atomic E-state index is 11.6. The molecule has 0 aliphatic carbocycles. The van der Waals surface area contributed by atoms with E-state index in [0.29, 0.717) is 22.3 Å². The van der Waals surface area contributed by atoms with Gasteiger partial charge in [-0.15, -0.1) is 0 Å². The molecular formula is C14H14BrN3O3. The largest absolute Gasteiger partial charge is 0.294 e. The van der Waals surface area contributed by atoms with Gasteiger partial charge in [0.05, 0.1) is 22.7 Å². The standard InChI is InChI=1S/C14H14BrN3O3/c1-8-14(10(3)19)9(2)17(16-8)7-11-4-5-12(18(20)21)6-13(11)15/h4-6H,7H2,1-3H3. The summed E-state index contributed by atoms with van der Waals surface area (Å²) in [6.45, 7) is 5.60. The number of hydrogen-bond acceptors (Lipinski definition) is 4. The normalized spacial score (nSPS) is 10.7. The van der Waals surface area contributed by atoms with Gasteiger partial charge in [0.2, 0.25) is 0 Å². The number of carbonyl (C=O) groups excluding carboxylic acids is 1. The zero-order valence-corrected chi connectivity index (χ0v) is 13.5. The van der Waals surface area contributed by atoms with Crippen LogP contribution in [0.4, 0.5) is 5.69 Å². The van der Waals surface area contributed by atoms with Gasteiger partial charge in [-0.25, -0.2) is 0 Å². The van der Waals surface area contributed by atoms with Crippen LogP contribution in [0.2, 0.25) is 0 Å². The Morgan fingerprint density at radius 2 is 2.10 bits per heavy atom. The molecule has 7 heteroatoms. The molecule has 1 heterocycles. The van der Waals surface area contributed by atoms with Crippen molar-refractivity contribution in [1.29, 1.82) is 0 Å². The van der Waals surface area contributed by atoms with Crippen molar-refractivity contribution in [3.63, 3.8) is 0 Å². The predicted octanol–water partition coefficient (Wildman–Crippen LogP) is 3.42. The third kappa shape index (κ3) is 3.02. The van der Waals surface area contributed by atoms with Crippen LogP contribution < -0.4 is 0 Å². The third-order valence-corrected chi connectivity index (χ3v) is 4.04. The van der Waals surface area contributed by atoms with Crippen molar-refractivity contribution in [3.05, 3.63) is 55.3 Å². The van der Waals surface area contributed by atoms with Crippen molar-refractivity contribution in [1.82, 2.24) is 9.78 Å². The Kier molecular flexibility index (Phi) is 4.22. The minimum atomic E-state index is -0.439. The lowest BCUT2D eigenvalue weighted by Crippen LogP contribution is -2.06. The van der Waals surface area contributed by atoms with Gasteiger partial charge in [0.15, 0.2) is 5.78 Å². The number of hydrogen-bond donors (Lipinski definition) is 0. The minimum absolute atomic E-state index is 0.0148. The molecule has 0 fully saturated rings. The number of ketones is 1. The Hall–Kier alpha value is -2.02. The second-order valence-corrected chi connectivity index (χ2v) is 5.65. The van der Waals surface area contributed by atoms with Gasteiger partial charge in [0.1, 0.15) is 0 Å². The number of non-ortho nitro benzene ring substituents is 1. The molecule has 1 aromatic heterocycles. The highest BCUT2D eigenvalue weighted by atomic mass is 79.9. The van der Waals surface area contributed by atoms with E-state index in [1.807, 2.05) is 6.92 Å². The van der Waals surface area contributed by atoms with Gasteiger partial charge in [-0.05, 0) is 32.4 Å². The minimum Gasteiger partial charge on any atom is -0.294 e. The summed E-state index contributed by atoms with van der Waals surface area (Å²) in [5, 5.41) is 15.1. The molecule has 0 amide bonds. The van der Waals surface area contributed by atoms with Gasteiger partial charge in [-0.2, -0.15) is 5.10 Å². The van der Waals surface area contributed by atoms with E-state index in [-0.39, 0.29) is 11.5 Å². The highest BCUT2D eigenvalue weighted by molar-refractivity contribution is 9.10. The number of carbonyl (C=O) groups is 1. The lowest BCUT2D eigenvalue weighted by Gasteiger charge is -2.07. The summed E-state index contributed by atoms with van der Waals surface area (Å²) < 4.78 is 2.38. The molecule has 2 aromatic rings. The molecular weight excluding hydrogens is 338 g/mol. The molecule has 21 heavy (non-hydrogen) atoms. The van der Waals surface area contributed by atoms with Crippen LogP contribution in [0, 0.1) is 24.0 Å². The summed E-state index contributed by atoms with van der Waals surface area (Å²) in [6, 6.07) is 4.61. The van der Waals surface area contributed by atoms with E-state index >= 15 is 0 Å². The van der Waals surface area contributed by atoms with Crippen LogP contribution in [-0.2, 0) is 6.54 Å². The Balaban J connectivity index is 2.37. The number of rotatable bonds is 4. The van der Waals surface area contributed by atoms with E-state index in [0.717, 1.165) is 11.3 Å². The van der Waals surface area contributed by atoms with E-state index < -0.39 is 4.92 Å². The van der Waals surface area contributed by atoms with E-state index in [4.69, 9.17) is 0 Å². The Morgan fingerprint density at radius 3 is 2.57 bits per heavy atom. The molecule has 6 nitrogen and oxygen atoms in total. The topological polar surface area (TPSA) is 78.0 Å². The van der Waals surface area contributed by atoms with Gasteiger partial charge < -0.3 is 0 Å². The molecule has 0 saturated heterocycles. The average Bonchev–Trinajstić information content (AvgIpc) is 2.66. The number of Topliss-reactive ketones (excluding diaryl/α,β-unsaturated/α-hetero) is 1. The highest BCUT2D eigenvalue weighted by Crippen LogP contribution is 2.24. The molecule has 0 spiro atoms. The first-order valence-corrected chi connectivity index (χ1v) is 7.08. The van der Waals surface area contributed by atoms with Crippen molar-refractivity contribution >= 4 is 27.4 Å². The number of aromatic nitrogens is 2. The molecule has 0 radical (unpaired) electrons. The second-order valence-electron chi connectivity index (χ2n) is 4.79. The number of aryl methyl sites for hydroxylation is 1. The molecule has 0 aliphatic rings. The molecule has 110 valence electrons. The fraction of sp³-hybridized carbons (Fsp3) is 0.286. The van der Waals surface area contributed by atoms with Crippen molar-refractivity contribution < 1.29 is 9.72 Å². The van der Waals surface area contributed by atoms with Crippen LogP contribution in [0.3, 0.4) is 0 Å². The summed E-state index contributed by atoms with van der Waals surface area (Å²) in [4.78, 5) is 21.9. The SMILES string of the molecule is CC(=O)c1c(C)nn(Cc2ccc([N+](=O)[O-])cc2Br)c1C. The van der Waals surface area contributed by atoms with Crippen molar-refractivity contribution in [2.45, 2.75) is 27.3 Å². The fourth-order valence-corrected chi connectivity index (χ4v) is 2.79. The lowest BCUT2D eigenvalue weighted by molar-refractivity contribution is -0.384. The van der Waals surface area contributed by atoms with Gasteiger partial charge in [0, 0.05) is 22.3 Å². The first kappa shape index (κ1) is 15.4. The maximum atomic E-state index is 11.6. The van der Waals surface area contributed by atoms with E-state index in [9.17, 15) is 14.9 Å². The number of nitrogens with zero attached hydrogens (tertiary/aromatic N) is 3. The van der Waals surface area contributed by atoms with Crippen LogP contribution in [0.1, 0.15) is 34.2 Å². The smallest absolute Gasteiger partial charge is 0.270 e. The van der Waals surface area contributed by atoms with Gasteiger partial charge in [-0.3, -0.25) is 19.6 Å². The Morgan fingerprint density at radius 1 is 1.43 bits per heavy atom. The zero-order chi connectivity index (χ0) is 15.7. The van der Waals surface area contributed by atoms with Crippen molar-refractivity contribution in [2.24, 2.45) is 0 Å². The second kappa shape index (κ2) is 5.77. The van der Waals surface area contributed by atoms with E-state index in [1.54, 1.807) is 17.7 Å². The molecule has 0 atom stereocenters. The Labute approximate surface area is 130 Å². The first-order chi connectivity index (χ1) is 9.81. The number of benzene rings is 1. The average molecular weight is 352 g/mol. The first-order valence-electron chi connectivity index (χ1n) is 6.29. The van der Waals surface area contributed by atoms with Gasteiger partial charge in [-0.1, -0.05) is 15.9 Å². The predicted molar refractivity (Wildman–Crippen MR) is 81.6 cm³/mol. The quantitative estimate of drug-likeness (QED) is 0.480. The van der Waals surface area contributed by atoms with Crippen LogP contribution in [0.5, 0.6) is 0 Å². The highest BCUT2D eigenvalue weighted by Gasteiger charge is 2.16. The molecule has 0 bridgehead atoms. The number of halogens is 1. The summed E-state index contributed by atoms with van der Waals surface area (Å²) in [5.74, 6) is -0.0148. The maximum Gasteiger partial charge on any atom is 0.270 e. The zero-order valence-electron chi connectivity index (χ0n) is 11.9. The molecule has 2 rings (SSSR count). The van der Waals surface area contributed by atoms with Crippen molar-refractivity contribution in [2.75, 3.05) is 0 Å². The lowest BCUT2D eigenvalue weighted by atomic mass is 10.1. The summed E-state index contributed by atoms with van der Waals surface area (Å²) in [7, 11) is 0. The number of nitro groups is 1. The van der Waals surface area contributed by atoms with Gasteiger partial charge in [0.25, 0.3) is 5.69 Å². The molecule has 0 unspecified atom stereocenters. The van der Waals surface area contributed by atoms with E-state index in [1.165, 1.54) is 19.1 Å².